The van der Waals surface area contributed by atoms with Crippen molar-refractivity contribution in [2.75, 3.05) is 25.6 Å². The molecule has 7 heteroatoms. The molecule has 2 amide bonds. The van der Waals surface area contributed by atoms with Gasteiger partial charge in [0.05, 0.1) is 26.4 Å². The van der Waals surface area contributed by atoms with E-state index >= 15 is 0 Å². The summed E-state index contributed by atoms with van der Waals surface area (Å²) in [7, 11) is 1.55. The summed E-state index contributed by atoms with van der Waals surface area (Å²) < 4.78 is 25.0. The molecular weight excluding hydrogens is 375 g/mol. The first kappa shape index (κ1) is 22.5. The molecule has 0 spiro atoms. The number of aliphatic hydroxyl groups is 1. The minimum absolute atomic E-state index is 0.217. The fourth-order valence-electron chi connectivity index (χ4n) is 2.85. The molecule has 3 N–H and O–H groups in total. The summed E-state index contributed by atoms with van der Waals surface area (Å²) in [6.07, 6.45) is 1.97. The normalized spacial score (nSPS) is 11.8. The number of hydrogen-bond acceptors (Lipinski definition) is 4. The lowest BCUT2D eigenvalue weighted by molar-refractivity contribution is 0.224. The van der Waals surface area contributed by atoms with Gasteiger partial charge in [0.15, 0.2) is 11.5 Å². The predicted molar refractivity (Wildman–Crippen MR) is 111 cm³/mol. The highest BCUT2D eigenvalue weighted by molar-refractivity contribution is 5.90. The van der Waals surface area contributed by atoms with E-state index in [1.54, 1.807) is 37.4 Å². The van der Waals surface area contributed by atoms with Crippen molar-refractivity contribution in [2.24, 2.45) is 5.92 Å². The van der Waals surface area contributed by atoms with Crippen molar-refractivity contribution in [3.8, 4) is 11.5 Å². The first-order valence-corrected chi connectivity index (χ1v) is 9.68. The second-order valence-corrected chi connectivity index (χ2v) is 7.11. The Balaban J connectivity index is 2.01. The summed E-state index contributed by atoms with van der Waals surface area (Å²) in [4.78, 5) is 12.3. The molecule has 0 aliphatic rings. The van der Waals surface area contributed by atoms with Crippen LogP contribution in [0.1, 0.15) is 38.3 Å². The van der Waals surface area contributed by atoms with Crippen LogP contribution in [0, 0.1) is 11.7 Å². The summed E-state index contributed by atoms with van der Waals surface area (Å²) in [5.41, 5.74) is 0.710. The molecule has 2 aromatic carbocycles. The molecule has 1 atom stereocenters. The molecule has 0 saturated heterocycles. The first-order chi connectivity index (χ1) is 13.9. The molecule has 0 radical (unpaired) electrons. The number of carbonyl (C=O) groups is 1. The highest BCUT2D eigenvalue weighted by atomic mass is 19.1. The highest BCUT2D eigenvalue weighted by Crippen LogP contribution is 2.30. The Kier molecular flexibility index (Phi) is 8.73. The zero-order chi connectivity index (χ0) is 21.2. The van der Waals surface area contributed by atoms with Crippen LogP contribution < -0.4 is 20.1 Å². The molecule has 0 saturated carbocycles. The molecule has 0 aliphatic carbocycles. The van der Waals surface area contributed by atoms with Crippen molar-refractivity contribution in [3.05, 3.63) is 53.8 Å². The van der Waals surface area contributed by atoms with E-state index in [2.05, 4.69) is 24.5 Å². The number of amides is 2. The largest absolute Gasteiger partial charge is 0.493 e. The highest BCUT2D eigenvalue weighted by Gasteiger charge is 2.17. The topological polar surface area (TPSA) is 79.8 Å². The van der Waals surface area contributed by atoms with Crippen LogP contribution in [0.4, 0.5) is 14.9 Å². The molecule has 29 heavy (non-hydrogen) atoms. The van der Waals surface area contributed by atoms with Gasteiger partial charge >= 0.3 is 6.03 Å². The summed E-state index contributed by atoms with van der Waals surface area (Å²) in [6.45, 7) is 4.43. The van der Waals surface area contributed by atoms with Crippen molar-refractivity contribution in [2.45, 2.75) is 32.7 Å². The van der Waals surface area contributed by atoms with Gasteiger partial charge in [0.25, 0.3) is 0 Å². The third-order valence-corrected chi connectivity index (χ3v) is 4.37. The molecule has 0 fully saturated rings. The number of aliphatic hydroxyl groups excluding tert-OH is 1. The van der Waals surface area contributed by atoms with E-state index in [1.165, 1.54) is 12.1 Å². The van der Waals surface area contributed by atoms with Gasteiger partial charge in [0.1, 0.15) is 5.82 Å². The van der Waals surface area contributed by atoms with Gasteiger partial charge < -0.3 is 25.2 Å². The quantitative estimate of drug-likeness (QED) is 0.509. The van der Waals surface area contributed by atoms with Crippen LogP contribution in [0.3, 0.4) is 0 Å². The van der Waals surface area contributed by atoms with Gasteiger partial charge in [-0.05, 0) is 37.0 Å². The average Bonchev–Trinajstić information content (AvgIpc) is 2.70. The number of nitrogens with one attached hydrogen (secondary N) is 2. The van der Waals surface area contributed by atoms with E-state index in [1.807, 2.05) is 0 Å². The van der Waals surface area contributed by atoms with Gasteiger partial charge in [-0.1, -0.05) is 32.0 Å². The second-order valence-electron chi connectivity index (χ2n) is 7.11. The van der Waals surface area contributed by atoms with Crippen molar-refractivity contribution in [3.63, 3.8) is 0 Å². The maximum Gasteiger partial charge on any atom is 0.319 e. The summed E-state index contributed by atoms with van der Waals surface area (Å²) in [5, 5.41) is 14.8. The number of halogens is 1. The molecule has 0 aliphatic heterocycles. The fraction of sp³-hybridized carbons (Fsp3) is 0.409. The predicted octanol–water partition coefficient (Wildman–Crippen LogP) is 4.50. The monoisotopic (exact) mass is 404 g/mol. The number of methoxy groups -OCH3 is 1. The Morgan fingerprint density at radius 1 is 1.17 bits per heavy atom. The number of hydrogen-bond donors (Lipinski definition) is 3. The van der Waals surface area contributed by atoms with E-state index in [0.29, 0.717) is 29.7 Å². The third kappa shape index (κ3) is 6.94. The summed E-state index contributed by atoms with van der Waals surface area (Å²) in [5.74, 6) is 1.21. The summed E-state index contributed by atoms with van der Waals surface area (Å²) >= 11 is 0. The van der Waals surface area contributed by atoms with Crippen molar-refractivity contribution < 1.29 is 23.8 Å². The number of urea groups is 1. The molecule has 0 aromatic heterocycles. The molecule has 0 heterocycles. The lowest BCUT2D eigenvalue weighted by Gasteiger charge is -2.18. The molecular formula is C22H29FN2O4. The number of anilines is 1. The number of ether oxygens (including phenoxy) is 2. The van der Waals surface area contributed by atoms with Crippen molar-refractivity contribution in [1.82, 2.24) is 5.32 Å². The van der Waals surface area contributed by atoms with Crippen LogP contribution in [0.2, 0.25) is 0 Å². The Morgan fingerprint density at radius 3 is 2.59 bits per heavy atom. The molecule has 2 aromatic rings. The minimum Gasteiger partial charge on any atom is -0.493 e. The molecule has 158 valence electrons. The average molecular weight is 404 g/mol. The van der Waals surface area contributed by atoms with Crippen LogP contribution in [0.25, 0.3) is 0 Å². The molecule has 0 bridgehead atoms. The SMILES string of the molecule is COc1ccc(NC(=O)NC(CO)c2ccccc2F)cc1OCCCC(C)C. The molecule has 6 nitrogen and oxygen atoms in total. The lowest BCUT2D eigenvalue weighted by Crippen LogP contribution is -2.34. The lowest BCUT2D eigenvalue weighted by atomic mass is 10.1. The van der Waals surface area contributed by atoms with Gasteiger partial charge in [0.2, 0.25) is 0 Å². The number of benzene rings is 2. The maximum atomic E-state index is 13.9. The van der Waals surface area contributed by atoms with E-state index in [-0.39, 0.29) is 5.56 Å². The van der Waals surface area contributed by atoms with E-state index < -0.39 is 24.5 Å². The van der Waals surface area contributed by atoms with Crippen LogP contribution >= 0.6 is 0 Å². The Labute approximate surface area is 171 Å². The Bertz CT molecular complexity index is 798. The fourth-order valence-corrected chi connectivity index (χ4v) is 2.85. The van der Waals surface area contributed by atoms with Gasteiger partial charge in [-0.15, -0.1) is 0 Å². The first-order valence-electron chi connectivity index (χ1n) is 9.68. The standard InChI is InChI=1S/C22H29FN2O4/c1-15(2)7-6-12-29-21-13-16(10-11-20(21)28-3)24-22(27)25-19(14-26)17-8-4-5-9-18(17)23/h4-5,8-11,13,15,19,26H,6-7,12,14H2,1-3H3,(H2,24,25,27). The van der Waals surface area contributed by atoms with Crippen molar-refractivity contribution >= 4 is 11.7 Å². The third-order valence-electron chi connectivity index (χ3n) is 4.37. The van der Waals surface area contributed by atoms with E-state index in [9.17, 15) is 14.3 Å². The minimum atomic E-state index is -0.860. The second kappa shape index (κ2) is 11.3. The smallest absolute Gasteiger partial charge is 0.319 e. The Morgan fingerprint density at radius 2 is 1.93 bits per heavy atom. The molecule has 1 unspecified atom stereocenters. The van der Waals surface area contributed by atoms with Crippen molar-refractivity contribution in [1.29, 1.82) is 0 Å². The van der Waals surface area contributed by atoms with E-state index in [4.69, 9.17) is 9.47 Å². The van der Waals surface area contributed by atoms with Crippen LogP contribution in [-0.2, 0) is 0 Å². The van der Waals surface area contributed by atoms with Gasteiger partial charge in [0, 0.05) is 17.3 Å². The molecule has 2 rings (SSSR count). The zero-order valence-electron chi connectivity index (χ0n) is 17.1. The number of carbonyl (C=O) groups excluding carboxylic acids is 1. The van der Waals surface area contributed by atoms with Crippen LogP contribution in [0.15, 0.2) is 42.5 Å². The van der Waals surface area contributed by atoms with Gasteiger partial charge in [-0.2, -0.15) is 0 Å². The zero-order valence-corrected chi connectivity index (χ0v) is 17.1. The van der Waals surface area contributed by atoms with Gasteiger partial charge in [-0.3, -0.25) is 0 Å². The van der Waals surface area contributed by atoms with E-state index in [0.717, 1.165) is 12.8 Å². The van der Waals surface area contributed by atoms with Crippen LogP contribution in [-0.4, -0.2) is 31.5 Å². The van der Waals surface area contributed by atoms with Crippen LogP contribution in [0.5, 0.6) is 11.5 Å². The van der Waals surface area contributed by atoms with Gasteiger partial charge in [-0.25, -0.2) is 9.18 Å². The Hall–Kier alpha value is -2.80. The maximum absolute atomic E-state index is 13.9. The summed E-state index contributed by atoms with van der Waals surface area (Å²) in [6, 6.07) is 9.62. The number of rotatable bonds is 10.